The summed E-state index contributed by atoms with van der Waals surface area (Å²) in [5.41, 5.74) is 0. The molecule has 5 N–H and O–H groups in total. The van der Waals surface area contributed by atoms with Gasteiger partial charge in [0.25, 0.3) is 0 Å². The standard InChI is InChI=1S/C6H5NO3.2K.2H2O2.O.V/c8-4-1-2-5(6(9)10)7-3-4;;;2*1-2;;/h1-3,5H,(H,9,10);;;2*1-2H;;. The molecule has 0 bridgehead atoms. The Morgan fingerprint density at radius 3 is 1.78 bits per heavy atom. The molecular formula is C6H9K2NO8V. The molecule has 0 fully saturated rings. The quantitative estimate of drug-likeness (QED) is 0.223. The van der Waals surface area contributed by atoms with Crippen LogP contribution in [0.3, 0.4) is 0 Å². The normalized spacial score (nSPS) is 13.7. The van der Waals surface area contributed by atoms with E-state index < -0.39 is 12.0 Å². The van der Waals surface area contributed by atoms with Crippen LogP contribution in [0.1, 0.15) is 0 Å². The number of aliphatic carboxylic acids is 1. The van der Waals surface area contributed by atoms with Gasteiger partial charge in [-0.05, 0) is 12.2 Å². The number of allylic oxidation sites excluding steroid dienone is 1. The molecule has 1 unspecified atom stereocenters. The fourth-order valence-corrected chi connectivity index (χ4v) is 0.579. The van der Waals surface area contributed by atoms with Crippen LogP contribution in [0.4, 0.5) is 0 Å². The topological polar surface area (TPSA) is 165 Å². The number of carboxylic acids is 1. The van der Waals surface area contributed by atoms with E-state index >= 15 is 0 Å². The summed E-state index contributed by atoms with van der Waals surface area (Å²) < 4.78 is 8.19. The van der Waals surface area contributed by atoms with Crippen molar-refractivity contribution in [3.63, 3.8) is 0 Å². The molecule has 0 aliphatic carbocycles. The second kappa shape index (κ2) is 27.4. The van der Waals surface area contributed by atoms with Crippen LogP contribution in [-0.2, 0) is 30.6 Å². The molecule has 0 aromatic rings. The summed E-state index contributed by atoms with van der Waals surface area (Å²) in [5.74, 6) is -1.31. The van der Waals surface area contributed by atoms with Gasteiger partial charge in [-0.2, -0.15) is 0 Å². The molecule has 1 heterocycles. The number of ketones is 1. The van der Waals surface area contributed by atoms with Gasteiger partial charge in [0.05, 0.1) is 6.21 Å². The first-order valence-corrected chi connectivity index (χ1v) is 3.83. The van der Waals surface area contributed by atoms with E-state index in [0.29, 0.717) is 0 Å². The molecule has 0 aromatic carbocycles. The van der Waals surface area contributed by atoms with Gasteiger partial charge in [-0.1, -0.05) is 0 Å². The van der Waals surface area contributed by atoms with E-state index in [2.05, 4.69) is 4.99 Å². The van der Waals surface area contributed by atoms with Crippen molar-refractivity contribution in [2.75, 3.05) is 0 Å². The SMILES string of the molecule is O=C1C=CC(C(=O)O)N=C1.OO.OO.[K].[K].[O]=[V]. The molecule has 1 atom stereocenters. The molecular weight excluding hydrogens is 343 g/mol. The Kier molecular flexibility index (Phi) is 48.9. The third kappa shape index (κ3) is 20.4. The molecule has 9 nitrogen and oxygen atoms in total. The number of nitrogens with zero attached hydrogens (tertiary/aromatic N) is 1. The van der Waals surface area contributed by atoms with E-state index in [1.54, 1.807) is 0 Å². The maximum atomic E-state index is 10.4. The number of hydrogen-bond acceptors (Lipinski definition) is 8. The van der Waals surface area contributed by atoms with Gasteiger partial charge in [0.2, 0.25) is 0 Å². The summed E-state index contributed by atoms with van der Waals surface area (Å²) in [5, 5.41) is 32.3. The fraction of sp³-hybridized carbons (Fsp3) is 0.167. The van der Waals surface area contributed by atoms with Crippen LogP contribution in [0.5, 0.6) is 0 Å². The average Bonchev–Trinajstić information content (AvgIpc) is 2.37. The fourth-order valence-electron chi connectivity index (χ4n) is 0.579. The molecule has 0 spiro atoms. The second-order valence-electron chi connectivity index (χ2n) is 1.82. The first kappa shape index (κ1) is 32.1. The van der Waals surface area contributed by atoms with Gasteiger partial charge >= 0.3 is 27.0 Å². The minimum atomic E-state index is -1.04. The number of aliphatic imine (C=N–C) groups is 1. The summed E-state index contributed by atoms with van der Waals surface area (Å²) >= 11 is 1.06. The third-order valence-corrected chi connectivity index (χ3v) is 1.06. The Labute approximate surface area is 196 Å². The predicted octanol–water partition coefficient (Wildman–Crippen LogP) is -1.20. The second-order valence-corrected chi connectivity index (χ2v) is 1.82. The van der Waals surface area contributed by atoms with Crippen LogP contribution in [0.25, 0.3) is 0 Å². The molecule has 2 radical (unpaired) electrons. The number of hydrogen-bond donors (Lipinski definition) is 5. The van der Waals surface area contributed by atoms with E-state index in [0.717, 1.165) is 23.6 Å². The average molecular weight is 352 g/mol. The predicted molar refractivity (Wildman–Crippen MR) is 56.8 cm³/mol. The zero-order chi connectivity index (χ0) is 13.6. The van der Waals surface area contributed by atoms with Gasteiger partial charge in [-0.15, -0.1) is 0 Å². The molecule has 1 aliphatic heterocycles. The van der Waals surface area contributed by atoms with Crippen LogP contribution < -0.4 is 0 Å². The van der Waals surface area contributed by atoms with Gasteiger partial charge in [-0.3, -0.25) is 30.8 Å². The molecule has 0 amide bonds. The molecule has 0 saturated carbocycles. The van der Waals surface area contributed by atoms with E-state index in [-0.39, 0.29) is 109 Å². The van der Waals surface area contributed by atoms with E-state index in [9.17, 15) is 9.59 Å². The van der Waals surface area contributed by atoms with Crippen molar-refractivity contribution in [3.05, 3.63) is 12.2 Å². The van der Waals surface area contributed by atoms with Gasteiger partial charge < -0.3 is 5.11 Å². The monoisotopic (exact) mass is 352 g/mol. The van der Waals surface area contributed by atoms with Crippen molar-refractivity contribution in [1.29, 1.82) is 0 Å². The minimum absolute atomic E-state index is 0. The first-order valence-electron chi connectivity index (χ1n) is 3.26. The summed E-state index contributed by atoms with van der Waals surface area (Å²) in [4.78, 5) is 24.0. The Balaban J connectivity index is -0.0000000623. The van der Waals surface area contributed by atoms with Gasteiger partial charge in [0, 0.05) is 103 Å². The summed E-state index contributed by atoms with van der Waals surface area (Å²) in [6, 6.07) is -0.877. The van der Waals surface area contributed by atoms with E-state index in [4.69, 9.17) is 29.8 Å². The molecule has 93 valence electrons. The first-order chi connectivity index (χ1) is 7.70. The molecule has 1 aliphatic rings. The van der Waals surface area contributed by atoms with Gasteiger partial charge in [0.15, 0.2) is 11.8 Å². The van der Waals surface area contributed by atoms with Crippen LogP contribution >= 0.6 is 0 Å². The van der Waals surface area contributed by atoms with Crippen LogP contribution in [0.2, 0.25) is 0 Å². The number of carbonyl (C=O) groups excluding carboxylic acids is 1. The Morgan fingerprint density at radius 1 is 1.17 bits per heavy atom. The molecule has 0 aromatic heterocycles. The Hall–Kier alpha value is 2.05. The van der Waals surface area contributed by atoms with E-state index in [1.807, 2.05) is 0 Å². The zero-order valence-electron chi connectivity index (χ0n) is 9.66. The van der Waals surface area contributed by atoms with Crippen LogP contribution in [0.15, 0.2) is 17.1 Å². The number of carboxylic acid groups (broad SMARTS) is 1. The Morgan fingerprint density at radius 2 is 1.56 bits per heavy atom. The zero-order valence-corrected chi connectivity index (χ0v) is 17.3. The van der Waals surface area contributed by atoms with Crippen LogP contribution in [0, 0.1) is 0 Å². The van der Waals surface area contributed by atoms with Crippen molar-refractivity contribution in [2.24, 2.45) is 4.99 Å². The molecule has 0 saturated heterocycles. The van der Waals surface area contributed by atoms with Crippen molar-refractivity contribution in [3.8, 4) is 0 Å². The number of carbonyl (C=O) groups is 2. The summed E-state index contributed by atoms with van der Waals surface area (Å²) in [6.45, 7) is 0. The van der Waals surface area contributed by atoms with Crippen molar-refractivity contribution < 1.29 is 56.8 Å². The van der Waals surface area contributed by atoms with Crippen molar-refractivity contribution in [2.45, 2.75) is 6.04 Å². The molecule has 18 heavy (non-hydrogen) atoms. The summed E-state index contributed by atoms with van der Waals surface area (Å²) in [6.07, 6.45) is 3.47. The third-order valence-electron chi connectivity index (χ3n) is 1.06. The van der Waals surface area contributed by atoms with Gasteiger partial charge in [0.1, 0.15) is 0 Å². The van der Waals surface area contributed by atoms with Crippen molar-refractivity contribution >= 4 is 121 Å². The molecule has 12 heteroatoms. The van der Waals surface area contributed by atoms with Crippen LogP contribution in [-0.4, -0.2) is 153 Å². The Bertz CT molecular complexity index is 246. The number of dihydropyridines is 1. The maximum absolute atomic E-state index is 10.4. The van der Waals surface area contributed by atoms with Crippen molar-refractivity contribution in [1.82, 2.24) is 0 Å². The molecule has 1 rings (SSSR count). The van der Waals surface area contributed by atoms with E-state index in [1.165, 1.54) is 12.2 Å². The summed E-state index contributed by atoms with van der Waals surface area (Å²) in [7, 11) is 0. The number of rotatable bonds is 1. The van der Waals surface area contributed by atoms with Gasteiger partial charge in [-0.25, -0.2) is 4.79 Å².